The van der Waals surface area contributed by atoms with E-state index in [-0.39, 0.29) is 0 Å². The van der Waals surface area contributed by atoms with Gasteiger partial charge in [-0.05, 0) is 0 Å². The summed E-state index contributed by atoms with van der Waals surface area (Å²) in [5.41, 5.74) is 0. The van der Waals surface area contributed by atoms with Gasteiger partial charge in [-0.2, -0.15) is 4.31 Å². The Morgan fingerprint density at radius 2 is 1.89 bits per heavy atom. The number of phosphoric acid groups is 2. The normalized spacial score (nSPS) is 33.0. The third-order valence-electron chi connectivity index (χ3n) is 3.60. The lowest BCUT2D eigenvalue weighted by Gasteiger charge is -2.46. The second-order valence-corrected chi connectivity index (χ2v) is 8.91. The number of phosphoric ester groups is 1. The number of carbonyl (C=O) groups excluding carboxylic acids is 1. The Labute approximate surface area is 158 Å². The molecule has 0 bridgehead atoms. The number of aliphatic hydroxyl groups is 5. The Morgan fingerprint density at radius 1 is 1.32 bits per heavy atom. The number of hydrogen-bond acceptors (Lipinski definition) is 11. The lowest BCUT2D eigenvalue weighted by molar-refractivity contribution is -0.310. The lowest BCUT2D eigenvalue weighted by atomic mass is 9.89. The lowest BCUT2D eigenvalue weighted by Crippen LogP contribution is -2.66. The van der Waals surface area contributed by atoms with Gasteiger partial charge in [0, 0.05) is 13.3 Å². The smallest absolute Gasteiger partial charge is 0.394 e. The first-order valence-corrected chi connectivity index (χ1v) is 10.7. The summed E-state index contributed by atoms with van der Waals surface area (Å²) in [6.07, 6.45) is -7.83. The molecule has 0 radical (unpaired) electrons. The first-order valence-electron chi connectivity index (χ1n) is 7.66. The average molecular weight is 455 g/mol. The second kappa shape index (κ2) is 9.53. The third-order valence-corrected chi connectivity index (χ3v) is 5.73. The van der Waals surface area contributed by atoms with E-state index in [1.165, 1.54) is 0 Å². The molecule has 1 fully saturated rings. The van der Waals surface area contributed by atoms with Crippen molar-refractivity contribution in [2.24, 2.45) is 0 Å². The van der Waals surface area contributed by atoms with E-state index in [2.05, 4.69) is 14.2 Å². The molecule has 0 spiro atoms. The molecular weight excluding hydrogens is 432 g/mol. The summed E-state index contributed by atoms with van der Waals surface area (Å²) in [4.78, 5) is 37.6. The van der Waals surface area contributed by atoms with Gasteiger partial charge in [0.05, 0.1) is 18.8 Å². The first-order chi connectivity index (χ1) is 12.6. The van der Waals surface area contributed by atoms with E-state index >= 15 is 0 Å². The minimum absolute atomic E-state index is 0.667. The predicted molar refractivity (Wildman–Crippen MR) is 86.1 cm³/mol. The SMILES string of the molecule is CC(=O)N[C@H]1[C@H]([C@H](O)[C@H](O)CO)O[C@](O)(COP(=O)(O)OP(=O)(O)O)C[C@@H]1O. The van der Waals surface area contributed by atoms with Crippen LogP contribution in [0.25, 0.3) is 0 Å². The van der Waals surface area contributed by atoms with Gasteiger partial charge in [0.15, 0.2) is 5.79 Å². The highest BCUT2D eigenvalue weighted by atomic mass is 31.3. The van der Waals surface area contributed by atoms with Gasteiger partial charge in [0.2, 0.25) is 5.91 Å². The van der Waals surface area contributed by atoms with E-state index in [1.807, 2.05) is 0 Å². The topological polar surface area (TPSA) is 253 Å². The molecule has 1 rings (SSSR count). The molecule has 1 aliphatic heterocycles. The Bertz CT molecular complexity index is 641. The average Bonchev–Trinajstić information content (AvgIpc) is 2.52. The molecule has 7 atom stereocenters. The Kier molecular flexibility index (Phi) is 8.69. The zero-order valence-electron chi connectivity index (χ0n) is 14.4. The molecule has 0 saturated carbocycles. The van der Waals surface area contributed by atoms with E-state index in [0.29, 0.717) is 0 Å². The highest BCUT2D eigenvalue weighted by Crippen LogP contribution is 2.58. The highest BCUT2D eigenvalue weighted by molar-refractivity contribution is 7.60. The van der Waals surface area contributed by atoms with Crippen molar-refractivity contribution in [2.45, 2.75) is 49.6 Å². The minimum Gasteiger partial charge on any atom is -0.394 e. The summed E-state index contributed by atoms with van der Waals surface area (Å²) in [5.74, 6) is -3.27. The van der Waals surface area contributed by atoms with Gasteiger partial charge in [-0.3, -0.25) is 9.32 Å². The predicted octanol–water partition coefficient (Wildman–Crippen LogP) is -3.73. The molecule has 1 amide bonds. The van der Waals surface area contributed by atoms with Gasteiger partial charge in [-0.15, -0.1) is 0 Å². The Morgan fingerprint density at radius 3 is 2.36 bits per heavy atom. The maximum atomic E-state index is 11.5. The highest BCUT2D eigenvalue weighted by Gasteiger charge is 2.51. The number of amides is 1. The first kappa shape index (κ1) is 25.5. The Balaban J connectivity index is 3.00. The molecule has 17 heteroatoms. The number of ether oxygens (including phenoxy) is 1. The van der Waals surface area contributed by atoms with Crippen LogP contribution in [-0.4, -0.2) is 95.6 Å². The fourth-order valence-corrected chi connectivity index (χ4v) is 4.13. The summed E-state index contributed by atoms with van der Waals surface area (Å²) < 4.78 is 35.0. The molecule has 0 aromatic carbocycles. The molecule has 0 aromatic rings. The molecule has 15 nitrogen and oxygen atoms in total. The van der Waals surface area contributed by atoms with Gasteiger partial charge >= 0.3 is 15.6 Å². The van der Waals surface area contributed by atoms with Crippen molar-refractivity contribution in [3.63, 3.8) is 0 Å². The Hall–Kier alpha value is -0.510. The summed E-state index contributed by atoms with van der Waals surface area (Å²) in [6, 6.07) is -1.36. The van der Waals surface area contributed by atoms with Crippen molar-refractivity contribution in [3.05, 3.63) is 0 Å². The van der Waals surface area contributed by atoms with E-state index in [9.17, 15) is 39.2 Å². The largest absolute Gasteiger partial charge is 0.481 e. The van der Waals surface area contributed by atoms with Gasteiger partial charge in [0.1, 0.15) is 24.9 Å². The van der Waals surface area contributed by atoms with Crippen LogP contribution in [-0.2, 0) is 27.5 Å². The molecular formula is C11H23NO14P2. The van der Waals surface area contributed by atoms with Crippen molar-refractivity contribution < 1.29 is 67.7 Å². The fraction of sp³-hybridized carbons (Fsp3) is 0.909. The summed E-state index contributed by atoms with van der Waals surface area (Å²) in [6.45, 7) is -1.13. The molecule has 0 aliphatic carbocycles. The molecule has 28 heavy (non-hydrogen) atoms. The van der Waals surface area contributed by atoms with E-state index in [1.54, 1.807) is 0 Å². The number of rotatable bonds is 9. The van der Waals surface area contributed by atoms with Crippen molar-refractivity contribution in [3.8, 4) is 0 Å². The maximum absolute atomic E-state index is 11.5. The molecule has 1 heterocycles. The zero-order chi connectivity index (χ0) is 21.9. The van der Waals surface area contributed by atoms with Crippen LogP contribution >= 0.6 is 15.6 Å². The summed E-state index contributed by atoms with van der Waals surface area (Å²) in [7, 11) is -10.8. The van der Waals surface area contributed by atoms with Gasteiger partial charge in [-0.25, -0.2) is 9.13 Å². The number of carbonyl (C=O) groups is 1. The van der Waals surface area contributed by atoms with Gasteiger partial charge < -0.3 is 50.3 Å². The van der Waals surface area contributed by atoms with Crippen LogP contribution in [0.5, 0.6) is 0 Å². The van der Waals surface area contributed by atoms with Crippen molar-refractivity contribution in [1.29, 1.82) is 0 Å². The number of aliphatic hydroxyl groups excluding tert-OH is 4. The number of nitrogens with one attached hydrogen (secondary N) is 1. The second-order valence-electron chi connectivity index (χ2n) is 6.08. The van der Waals surface area contributed by atoms with Crippen molar-refractivity contribution in [2.75, 3.05) is 13.2 Å². The minimum atomic E-state index is -5.42. The van der Waals surface area contributed by atoms with Crippen LogP contribution in [0.2, 0.25) is 0 Å². The van der Waals surface area contributed by atoms with Crippen LogP contribution < -0.4 is 5.32 Å². The van der Waals surface area contributed by atoms with Gasteiger partial charge in [-0.1, -0.05) is 0 Å². The summed E-state index contributed by atoms with van der Waals surface area (Å²) in [5, 5.41) is 51.4. The molecule has 166 valence electrons. The molecule has 0 aromatic heterocycles. The number of hydrogen-bond donors (Lipinski definition) is 9. The quantitative estimate of drug-likeness (QED) is 0.152. The molecule has 9 N–H and O–H groups in total. The van der Waals surface area contributed by atoms with Crippen molar-refractivity contribution in [1.82, 2.24) is 5.32 Å². The molecule has 1 aliphatic rings. The van der Waals surface area contributed by atoms with Gasteiger partial charge in [0.25, 0.3) is 0 Å². The third kappa shape index (κ3) is 7.72. The monoisotopic (exact) mass is 455 g/mol. The van der Waals surface area contributed by atoms with Crippen LogP contribution in [0, 0.1) is 0 Å². The van der Waals surface area contributed by atoms with E-state index in [0.717, 1.165) is 6.92 Å². The molecule has 1 unspecified atom stereocenters. The zero-order valence-corrected chi connectivity index (χ0v) is 16.2. The fourth-order valence-electron chi connectivity index (χ4n) is 2.50. The standard InChI is InChI=1S/C11H23NO14P2/c1-5(14)12-8-6(15)2-11(18,25-10(8)9(17)7(16)3-13)4-24-28(22,23)26-27(19,20)21/h6-10,13,15-18H,2-4H2,1H3,(H,12,14)(H,22,23)(H2,19,20,21)/t6-,7+,8+,9+,10+,11-/m0/s1. The van der Waals surface area contributed by atoms with Crippen LogP contribution in [0.1, 0.15) is 13.3 Å². The summed E-state index contributed by atoms with van der Waals surface area (Å²) >= 11 is 0. The molecule has 1 saturated heterocycles. The van der Waals surface area contributed by atoms with Crippen LogP contribution in [0.4, 0.5) is 0 Å². The van der Waals surface area contributed by atoms with E-state index in [4.69, 9.17) is 19.6 Å². The van der Waals surface area contributed by atoms with Crippen LogP contribution in [0.15, 0.2) is 0 Å². The maximum Gasteiger partial charge on any atom is 0.481 e. The van der Waals surface area contributed by atoms with Crippen LogP contribution in [0.3, 0.4) is 0 Å². The van der Waals surface area contributed by atoms with Crippen molar-refractivity contribution >= 4 is 21.6 Å². The van der Waals surface area contributed by atoms with E-state index < -0.39 is 77.4 Å².